The first-order valence-electron chi connectivity index (χ1n) is 5.26. The van der Waals surface area contributed by atoms with Gasteiger partial charge in [-0.2, -0.15) is 5.26 Å². The molecule has 0 aromatic heterocycles. The second-order valence-electron chi connectivity index (χ2n) is 3.55. The standard InChI is InChI=1S/C15H12N/c16-12-4-5-13-8-10-15(11-9-13)14-6-2-1-3-7-14/h1-3,5-11H,4H2. The van der Waals surface area contributed by atoms with Gasteiger partial charge in [0, 0.05) is 12.8 Å². The zero-order chi connectivity index (χ0) is 11.2. The molecule has 0 unspecified atom stereocenters. The van der Waals surface area contributed by atoms with Gasteiger partial charge in [-0.25, -0.2) is 0 Å². The highest BCUT2D eigenvalue weighted by Gasteiger charge is 1.97. The molecule has 2 aromatic carbocycles. The van der Waals surface area contributed by atoms with Gasteiger partial charge in [0.15, 0.2) is 0 Å². The van der Waals surface area contributed by atoms with Crippen molar-refractivity contribution in [3.8, 4) is 17.2 Å². The van der Waals surface area contributed by atoms with Crippen LogP contribution in [0, 0.1) is 17.8 Å². The summed E-state index contributed by atoms with van der Waals surface area (Å²) in [4.78, 5) is 0. The molecule has 0 atom stereocenters. The molecule has 0 heterocycles. The largest absolute Gasteiger partial charge is 0.198 e. The van der Waals surface area contributed by atoms with Crippen LogP contribution in [0.3, 0.4) is 0 Å². The van der Waals surface area contributed by atoms with Crippen molar-refractivity contribution in [3.63, 3.8) is 0 Å². The number of hydrogen-bond donors (Lipinski definition) is 0. The maximum Gasteiger partial charge on any atom is 0.0628 e. The summed E-state index contributed by atoms with van der Waals surface area (Å²) in [5.41, 5.74) is 3.52. The zero-order valence-corrected chi connectivity index (χ0v) is 8.93. The zero-order valence-electron chi connectivity index (χ0n) is 8.93. The minimum atomic E-state index is 0.463. The summed E-state index contributed by atoms with van der Waals surface area (Å²) in [5.74, 6) is 0. The predicted molar refractivity (Wildman–Crippen MR) is 65.5 cm³/mol. The highest BCUT2D eigenvalue weighted by molar-refractivity contribution is 5.63. The minimum Gasteiger partial charge on any atom is -0.198 e. The van der Waals surface area contributed by atoms with Crippen molar-refractivity contribution < 1.29 is 0 Å². The van der Waals surface area contributed by atoms with E-state index >= 15 is 0 Å². The van der Waals surface area contributed by atoms with Gasteiger partial charge in [0.1, 0.15) is 0 Å². The Kier molecular flexibility index (Phi) is 3.35. The topological polar surface area (TPSA) is 23.8 Å². The van der Waals surface area contributed by atoms with Crippen molar-refractivity contribution in [3.05, 3.63) is 66.6 Å². The Balaban J connectivity index is 2.17. The molecule has 1 nitrogen and oxygen atoms in total. The first-order valence-corrected chi connectivity index (χ1v) is 5.26. The molecule has 0 aliphatic heterocycles. The van der Waals surface area contributed by atoms with E-state index in [1.165, 1.54) is 11.1 Å². The van der Waals surface area contributed by atoms with Gasteiger partial charge < -0.3 is 0 Å². The molecule has 0 spiro atoms. The quantitative estimate of drug-likeness (QED) is 0.748. The number of rotatable bonds is 3. The Bertz CT molecular complexity index is 477. The van der Waals surface area contributed by atoms with E-state index in [1.807, 2.05) is 36.8 Å². The van der Waals surface area contributed by atoms with Crippen molar-refractivity contribution in [2.75, 3.05) is 0 Å². The second kappa shape index (κ2) is 5.14. The Morgan fingerprint density at radius 1 is 0.875 bits per heavy atom. The van der Waals surface area contributed by atoms with E-state index < -0.39 is 0 Å². The molecule has 1 heteroatoms. The average molecular weight is 206 g/mol. The van der Waals surface area contributed by atoms with Crippen LogP contribution in [0.5, 0.6) is 0 Å². The maximum atomic E-state index is 8.48. The van der Waals surface area contributed by atoms with Crippen molar-refractivity contribution in [1.29, 1.82) is 5.26 Å². The van der Waals surface area contributed by atoms with E-state index in [9.17, 15) is 0 Å². The maximum absolute atomic E-state index is 8.48. The van der Waals surface area contributed by atoms with Crippen LogP contribution >= 0.6 is 0 Å². The van der Waals surface area contributed by atoms with Crippen LogP contribution in [0.2, 0.25) is 0 Å². The number of hydrogen-bond acceptors (Lipinski definition) is 1. The third-order valence-electron chi connectivity index (χ3n) is 2.45. The van der Waals surface area contributed by atoms with Gasteiger partial charge in [-0.05, 0) is 16.7 Å². The van der Waals surface area contributed by atoms with Gasteiger partial charge >= 0.3 is 0 Å². The summed E-state index contributed by atoms with van der Waals surface area (Å²) >= 11 is 0. The summed E-state index contributed by atoms with van der Waals surface area (Å²) in [5, 5.41) is 8.48. The van der Waals surface area contributed by atoms with Crippen LogP contribution in [0.15, 0.2) is 54.6 Å². The first-order chi connectivity index (χ1) is 7.90. The van der Waals surface area contributed by atoms with Crippen LogP contribution in [0.1, 0.15) is 12.0 Å². The lowest BCUT2D eigenvalue weighted by Gasteiger charge is -2.02. The molecule has 0 saturated carbocycles. The van der Waals surface area contributed by atoms with Gasteiger partial charge in [0.25, 0.3) is 0 Å². The van der Waals surface area contributed by atoms with Crippen LogP contribution in [-0.2, 0) is 0 Å². The molecule has 77 valence electrons. The van der Waals surface area contributed by atoms with Gasteiger partial charge in [-0.15, -0.1) is 0 Å². The summed E-state index contributed by atoms with van der Waals surface area (Å²) < 4.78 is 0. The van der Waals surface area contributed by atoms with Crippen LogP contribution in [-0.4, -0.2) is 0 Å². The first kappa shape index (κ1) is 10.4. The molecular formula is C15H12N. The van der Waals surface area contributed by atoms with Crippen molar-refractivity contribution in [1.82, 2.24) is 0 Å². The van der Waals surface area contributed by atoms with Crippen molar-refractivity contribution >= 4 is 0 Å². The van der Waals surface area contributed by atoms with Crippen LogP contribution in [0.4, 0.5) is 0 Å². The molecule has 0 aliphatic carbocycles. The Morgan fingerprint density at radius 3 is 2.12 bits per heavy atom. The van der Waals surface area contributed by atoms with Gasteiger partial charge in [-0.1, -0.05) is 54.6 Å². The SMILES string of the molecule is N#CC[CH]c1ccc(-c2ccccc2)cc1. The normalized spacial score (nSPS) is 9.69. The lowest BCUT2D eigenvalue weighted by Crippen LogP contribution is -1.81. The van der Waals surface area contributed by atoms with Gasteiger partial charge in [0.2, 0.25) is 0 Å². The summed E-state index contributed by atoms with van der Waals surface area (Å²) in [6.07, 6.45) is 2.39. The average Bonchev–Trinajstić information content (AvgIpc) is 2.38. The van der Waals surface area contributed by atoms with Crippen LogP contribution < -0.4 is 0 Å². The smallest absolute Gasteiger partial charge is 0.0628 e. The van der Waals surface area contributed by atoms with Crippen molar-refractivity contribution in [2.45, 2.75) is 6.42 Å². The monoisotopic (exact) mass is 206 g/mol. The minimum absolute atomic E-state index is 0.463. The third kappa shape index (κ3) is 2.49. The number of benzene rings is 2. The van der Waals surface area contributed by atoms with E-state index in [0.717, 1.165) is 5.56 Å². The van der Waals surface area contributed by atoms with Crippen molar-refractivity contribution in [2.24, 2.45) is 0 Å². The second-order valence-corrected chi connectivity index (χ2v) is 3.55. The third-order valence-corrected chi connectivity index (χ3v) is 2.45. The summed E-state index contributed by atoms with van der Waals surface area (Å²) in [6, 6.07) is 20.6. The Morgan fingerprint density at radius 2 is 1.50 bits per heavy atom. The van der Waals surface area contributed by atoms with Gasteiger partial charge in [-0.3, -0.25) is 0 Å². The van der Waals surface area contributed by atoms with E-state index in [4.69, 9.17) is 5.26 Å². The van der Waals surface area contributed by atoms with E-state index in [0.29, 0.717) is 6.42 Å². The summed E-state index contributed by atoms with van der Waals surface area (Å²) in [7, 11) is 0. The molecular weight excluding hydrogens is 194 g/mol. The van der Waals surface area contributed by atoms with Crippen LogP contribution in [0.25, 0.3) is 11.1 Å². The van der Waals surface area contributed by atoms with E-state index in [2.05, 4.69) is 30.3 Å². The van der Waals surface area contributed by atoms with Gasteiger partial charge in [0.05, 0.1) is 6.07 Å². The number of nitrogens with zero attached hydrogens (tertiary/aromatic N) is 1. The molecule has 0 aliphatic rings. The molecule has 1 radical (unpaired) electrons. The van der Waals surface area contributed by atoms with E-state index in [1.54, 1.807) is 0 Å². The lowest BCUT2D eigenvalue weighted by molar-refractivity contribution is 1.24. The molecule has 0 fully saturated rings. The fraction of sp³-hybridized carbons (Fsp3) is 0.0667. The molecule has 0 saturated heterocycles. The highest BCUT2D eigenvalue weighted by Crippen LogP contribution is 2.19. The van der Waals surface area contributed by atoms with E-state index in [-0.39, 0.29) is 0 Å². The predicted octanol–water partition coefficient (Wildman–Crippen LogP) is 3.82. The fourth-order valence-corrected chi connectivity index (χ4v) is 1.61. The molecule has 0 bridgehead atoms. The highest BCUT2D eigenvalue weighted by atomic mass is 14.2. The fourth-order valence-electron chi connectivity index (χ4n) is 1.61. The Hall–Kier alpha value is -2.07. The molecule has 0 N–H and O–H groups in total. The molecule has 2 aromatic rings. The molecule has 0 amide bonds. The molecule has 16 heavy (non-hydrogen) atoms. The number of nitriles is 1. The lowest BCUT2D eigenvalue weighted by atomic mass is 10.0. The molecule has 2 rings (SSSR count). The summed E-state index contributed by atoms with van der Waals surface area (Å²) in [6.45, 7) is 0. The Labute approximate surface area is 96.0 Å².